The maximum absolute atomic E-state index is 12.6. The first-order chi connectivity index (χ1) is 13.0. The average Bonchev–Trinajstić information content (AvgIpc) is 2.68. The van der Waals surface area contributed by atoms with Crippen LogP contribution in [0.5, 0.6) is 0 Å². The van der Waals surface area contributed by atoms with E-state index in [2.05, 4.69) is 15.2 Å². The third-order valence-electron chi connectivity index (χ3n) is 5.77. The minimum Gasteiger partial charge on any atom is -0.348 e. The molecule has 144 valence electrons. The first-order valence-corrected chi connectivity index (χ1v) is 11.4. The first-order valence-electron chi connectivity index (χ1n) is 9.60. The lowest BCUT2D eigenvalue weighted by Crippen LogP contribution is -2.49. The van der Waals surface area contributed by atoms with E-state index in [-0.39, 0.29) is 11.9 Å². The van der Waals surface area contributed by atoms with Gasteiger partial charge in [0, 0.05) is 36.8 Å². The quantitative estimate of drug-likeness (QED) is 0.871. The number of sulfone groups is 1. The Bertz CT molecular complexity index is 922. The maximum Gasteiger partial charge on any atom is 0.270 e. The summed E-state index contributed by atoms with van der Waals surface area (Å²) in [5.41, 5.74) is 0.452. The van der Waals surface area contributed by atoms with Gasteiger partial charge in [0.2, 0.25) is 0 Å². The van der Waals surface area contributed by atoms with E-state index < -0.39 is 9.84 Å². The molecule has 0 spiro atoms. The Balaban J connectivity index is 1.31. The molecule has 1 N–H and O–H groups in total. The SMILES string of the molecule is O=C(NC1CCN(C2CCS(=O)(=O)CC2)CC1)c1cc2ccccc2cn1. The van der Waals surface area contributed by atoms with Crippen molar-refractivity contribution < 1.29 is 13.2 Å². The lowest BCUT2D eigenvalue weighted by Gasteiger charge is -2.39. The molecule has 1 aromatic heterocycles. The van der Waals surface area contributed by atoms with E-state index in [1.807, 2.05) is 30.3 Å². The number of carbonyl (C=O) groups excluding carboxylic acids is 1. The van der Waals surface area contributed by atoms with Gasteiger partial charge in [-0.3, -0.25) is 9.78 Å². The number of benzene rings is 1. The molecule has 1 aromatic carbocycles. The van der Waals surface area contributed by atoms with Crippen LogP contribution in [-0.2, 0) is 9.84 Å². The Morgan fingerprint density at radius 1 is 1.04 bits per heavy atom. The van der Waals surface area contributed by atoms with Crippen LogP contribution >= 0.6 is 0 Å². The summed E-state index contributed by atoms with van der Waals surface area (Å²) in [6.07, 6.45) is 5.00. The number of hydrogen-bond acceptors (Lipinski definition) is 5. The number of amides is 1. The highest BCUT2D eigenvalue weighted by Crippen LogP contribution is 2.22. The van der Waals surface area contributed by atoms with Crippen LogP contribution in [0.15, 0.2) is 36.5 Å². The van der Waals surface area contributed by atoms with Crippen LogP contribution in [0.2, 0.25) is 0 Å². The predicted molar refractivity (Wildman–Crippen MR) is 105 cm³/mol. The van der Waals surface area contributed by atoms with Gasteiger partial charge in [0.15, 0.2) is 0 Å². The molecule has 2 aromatic rings. The smallest absolute Gasteiger partial charge is 0.270 e. The number of nitrogens with zero attached hydrogens (tertiary/aromatic N) is 2. The van der Waals surface area contributed by atoms with Crippen molar-refractivity contribution in [1.82, 2.24) is 15.2 Å². The van der Waals surface area contributed by atoms with Crippen molar-refractivity contribution in [2.45, 2.75) is 37.8 Å². The molecule has 2 aliphatic heterocycles. The van der Waals surface area contributed by atoms with E-state index in [4.69, 9.17) is 0 Å². The minimum atomic E-state index is -2.82. The van der Waals surface area contributed by atoms with Gasteiger partial charge in [-0.2, -0.15) is 0 Å². The van der Waals surface area contributed by atoms with Crippen LogP contribution in [-0.4, -0.2) is 60.9 Å². The predicted octanol–water partition coefficient (Wildman–Crippen LogP) is 2.01. The molecule has 1 amide bonds. The third kappa shape index (κ3) is 4.30. The Labute approximate surface area is 159 Å². The van der Waals surface area contributed by atoms with Crippen molar-refractivity contribution in [1.29, 1.82) is 0 Å². The molecule has 2 aliphatic rings. The largest absolute Gasteiger partial charge is 0.348 e. The fourth-order valence-corrected chi connectivity index (χ4v) is 5.59. The Morgan fingerprint density at radius 2 is 1.70 bits per heavy atom. The van der Waals surface area contributed by atoms with Gasteiger partial charge in [-0.25, -0.2) is 8.42 Å². The molecule has 27 heavy (non-hydrogen) atoms. The zero-order valence-electron chi connectivity index (χ0n) is 15.3. The van der Waals surface area contributed by atoms with Gasteiger partial charge in [-0.15, -0.1) is 0 Å². The van der Waals surface area contributed by atoms with Crippen molar-refractivity contribution in [3.8, 4) is 0 Å². The molecule has 0 saturated carbocycles. The second-order valence-electron chi connectivity index (χ2n) is 7.58. The Kier molecular flexibility index (Phi) is 5.14. The highest BCUT2D eigenvalue weighted by molar-refractivity contribution is 7.91. The van der Waals surface area contributed by atoms with Gasteiger partial charge in [0.05, 0.1) is 11.5 Å². The summed E-state index contributed by atoms with van der Waals surface area (Å²) in [5, 5.41) is 5.15. The highest BCUT2D eigenvalue weighted by Gasteiger charge is 2.31. The molecule has 3 heterocycles. The molecule has 0 unspecified atom stereocenters. The van der Waals surface area contributed by atoms with E-state index in [9.17, 15) is 13.2 Å². The Morgan fingerprint density at radius 3 is 2.41 bits per heavy atom. The molecule has 2 fully saturated rings. The van der Waals surface area contributed by atoms with Crippen LogP contribution in [0.4, 0.5) is 0 Å². The van der Waals surface area contributed by atoms with E-state index in [1.165, 1.54) is 0 Å². The first kappa shape index (κ1) is 18.4. The summed E-state index contributed by atoms with van der Waals surface area (Å²) in [7, 11) is -2.82. The summed E-state index contributed by atoms with van der Waals surface area (Å²) in [6, 6.07) is 10.2. The van der Waals surface area contributed by atoms with Gasteiger partial charge in [0.1, 0.15) is 15.5 Å². The number of hydrogen-bond donors (Lipinski definition) is 1. The zero-order valence-corrected chi connectivity index (χ0v) is 16.1. The van der Waals surface area contributed by atoms with Gasteiger partial charge in [0.25, 0.3) is 5.91 Å². The molecule has 0 radical (unpaired) electrons. The van der Waals surface area contributed by atoms with Gasteiger partial charge >= 0.3 is 0 Å². The van der Waals surface area contributed by atoms with E-state index in [0.29, 0.717) is 23.2 Å². The Hall–Kier alpha value is -1.99. The summed E-state index contributed by atoms with van der Waals surface area (Å²) >= 11 is 0. The van der Waals surface area contributed by atoms with E-state index in [0.717, 1.165) is 49.5 Å². The fourth-order valence-electron chi connectivity index (χ4n) is 4.12. The average molecular weight is 388 g/mol. The number of fused-ring (bicyclic) bond motifs is 1. The number of likely N-dealkylation sites (tertiary alicyclic amines) is 1. The van der Waals surface area contributed by atoms with Crippen molar-refractivity contribution in [2.24, 2.45) is 0 Å². The lowest BCUT2D eigenvalue weighted by molar-refractivity contribution is 0.0880. The fraction of sp³-hybridized carbons (Fsp3) is 0.500. The normalized spacial score (nSPS) is 21.9. The topological polar surface area (TPSA) is 79.4 Å². The number of nitrogens with one attached hydrogen (secondary N) is 1. The highest BCUT2D eigenvalue weighted by atomic mass is 32.2. The number of pyridine rings is 1. The molecule has 0 aliphatic carbocycles. The number of piperidine rings is 1. The molecule has 7 heteroatoms. The van der Waals surface area contributed by atoms with Gasteiger partial charge < -0.3 is 10.2 Å². The third-order valence-corrected chi connectivity index (χ3v) is 7.48. The zero-order chi connectivity index (χ0) is 18.9. The van der Waals surface area contributed by atoms with E-state index >= 15 is 0 Å². The lowest BCUT2D eigenvalue weighted by atomic mass is 10.0. The summed E-state index contributed by atoms with van der Waals surface area (Å²) in [5.74, 6) is 0.493. The standard InChI is InChI=1S/C20H25N3O3S/c24-20(19-13-15-3-1-2-4-16(15)14-21-19)22-17-5-9-23(10-6-17)18-7-11-27(25,26)12-8-18/h1-4,13-14,17-18H,5-12H2,(H,22,24). The van der Waals surface area contributed by atoms with Crippen molar-refractivity contribution in [3.63, 3.8) is 0 Å². The van der Waals surface area contributed by atoms with Gasteiger partial charge in [-0.05, 0) is 37.1 Å². The van der Waals surface area contributed by atoms with Crippen LogP contribution in [0.1, 0.15) is 36.2 Å². The second-order valence-corrected chi connectivity index (χ2v) is 9.89. The summed E-state index contributed by atoms with van der Waals surface area (Å²) in [6.45, 7) is 1.81. The number of aromatic nitrogens is 1. The maximum atomic E-state index is 12.6. The molecule has 6 nitrogen and oxygen atoms in total. The van der Waals surface area contributed by atoms with Crippen LogP contribution in [0, 0.1) is 0 Å². The summed E-state index contributed by atoms with van der Waals surface area (Å²) < 4.78 is 23.2. The van der Waals surface area contributed by atoms with Crippen molar-refractivity contribution >= 4 is 26.5 Å². The molecule has 0 atom stereocenters. The summed E-state index contributed by atoms with van der Waals surface area (Å²) in [4.78, 5) is 19.2. The monoisotopic (exact) mass is 387 g/mol. The molecule has 4 rings (SSSR count). The van der Waals surface area contributed by atoms with E-state index in [1.54, 1.807) is 6.20 Å². The molecule has 0 bridgehead atoms. The molecule has 2 saturated heterocycles. The van der Waals surface area contributed by atoms with Crippen LogP contribution in [0.25, 0.3) is 10.8 Å². The van der Waals surface area contributed by atoms with Crippen LogP contribution < -0.4 is 5.32 Å². The van der Waals surface area contributed by atoms with Gasteiger partial charge in [-0.1, -0.05) is 24.3 Å². The van der Waals surface area contributed by atoms with Crippen LogP contribution in [0.3, 0.4) is 0 Å². The molecular weight excluding hydrogens is 362 g/mol. The number of rotatable bonds is 3. The minimum absolute atomic E-state index is 0.122. The molecular formula is C20H25N3O3S. The van der Waals surface area contributed by atoms with Crippen molar-refractivity contribution in [3.05, 3.63) is 42.2 Å². The number of carbonyl (C=O) groups is 1. The van der Waals surface area contributed by atoms with Crippen molar-refractivity contribution in [2.75, 3.05) is 24.6 Å². The second kappa shape index (κ2) is 7.56.